The zero-order valence-electron chi connectivity index (χ0n) is 13.2. The monoisotopic (exact) mass is 305 g/mol. The Balaban J connectivity index is 2.36. The van der Waals surface area contributed by atoms with E-state index in [-0.39, 0.29) is 6.04 Å². The van der Waals surface area contributed by atoms with Gasteiger partial charge in [-0.3, -0.25) is 4.68 Å². The summed E-state index contributed by atoms with van der Waals surface area (Å²) in [7, 11) is 0. The molecule has 114 valence electrons. The van der Waals surface area contributed by atoms with Crippen molar-refractivity contribution < 1.29 is 0 Å². The molecule has 2 rings (SSSR count). The van der Waals surface area contributed by atoms with Gasteiger partial charge in [0.1, 0.15) is 0 Å². The Kier molecular flexibility index (Phi) is 5.43. The minimum absolute atomic E-state index is 0.175. The quantitative estimate of drug-likeness (QED) is 0.861. The number of nitrogens with zero attached hydrogens (tertiary/aromatic N) is 2. The Morgan fingerprint density at radius 2 is 2.00 bits per heavy atom. The molecule has 1 aromatic carbocycles. The molecule has 0 spiro atoms. The van der Waals surface area contributed by atoms with Gasteiger partial charge in [0.25, 0.3) is 0 Å². The van der Waals surface area contributed by atoms with E-state index in [1.54, 1.807) is 6.20 Å². The molecule has 0 aliphatic rings. The highest BCUT2D eigenvalue weighted by Crippen LogP contribution is 2.28. The van der Waals surface area contributed by atoms with E-state index in [1.165, 1.54) is 11.1 Å². The van der Waals surface area contributed by atoms with Crippen LogP contribution in [0.15, 0.2) is 30.5 Å². The maximum atomic E-state index is 6.40. The molecule has 0 saturated carbocycles. The lowest BCUT2D eigenvalue weighted by molar-refractivity contribution is 0.448. The van der Waals surface area contributed by atoms with Crippen molar-refractivity contribution in [2.24, 2.45) is 0 Å². The van der Waals surface area contributed by atoms with Crippen molar-refractivity contribution in [3.63, 3.8) is 0 Å². The normalized spacial score (nSPS) is 12.9. The van der Waals surface area contributed by atoms with Crippen molar-refractivity contribution in [2.45, 2.75) is 46.2 Å². The van der Waals surface area contributed by atoms with Crippen LogP contribution in [-0.4, -0.2) is 16.3 Å². The van der Waals surface area contributed by atoms with Crippen molar-refractivity contribution in [2.75, 3.05) is 6.54 Å². The molecule has 0 saturated heterocycles. The van der Waals surface area contributed by atoms with Gasteiger partial charge in [-0.15, -0.1) is 0 Å². The Bertz CT molecular complexity index is 589. The van der Waals surface area contributed by atoms with E-state index in [0.717, 1.165) is 23.7 Å². The van der Waals surface area contributed by atoms with Crippen molar-refractivity contribution >= 4 is 11.6 Å². The fourth-order valence-electron chi connectivity index (χ4n) is 2.66. The topological polar surface area (TPSA) is 29.9 Å². The third-order valence-corrected chi connectivity index (χ3v) is 4.03. The summed E-state index contributed by atoms with van der Waals surface area (Å²) in [6, 6.07) is 8.97. The lowest BCUT2D eigenvalue weighted by Crippen LogP contribution is -2.27. The summed E-state index contributed by atoms with van der Waals surface area (Å²) in [6.07, 6.45) is 2.66. The first-order valence-electron chi connectivity index (χ1n) is 7.55. The number of nitrogens with one attached hydrogen (secondary N) is 1. The zero-order chi connectivity index (χ0) is 15.4. The smallest absolute Gasteiger partial charge is 0.0834 e. The standard InChI is InChI=1S/C17H24ClN3/c1-5-19-16(10-14-9-7-6-8-13(14)4)17-15(18)11-20-21(17)12(2)3/h6-9,11-12,16,19H,5,10H2,1-4H3. The molecule has 0 amide bonds. The highest BCUT2D eigenvalue weighted by molar-refractivity contribution is 6.31. The first-order valence-corrected chi connectivity index (χ1v) is 7.93. The molecular weight excluding hydrogens is 282 g/mol. The van der Waals surface area contributed by atoms with Crippen molar-refractivity contribution in [3.8, 4) is 0 Å². The summed E-state index contributed by atoms with van der Waals surface area (Å²) < 4.78 is 2.02. The fourth-order valence-corrected chi connectivity index (χ4v) is 2.92. The Labute approximate surface area is 132 Å². The molecule has 3 nitrogen and oxygen atoms in total. The maximum Gasteiger partial charge on any atom is 0.0834 e. The number of aryl methyl sites for hydroxylation is 1. The molecule has 0 fully saturated rings. The summed E-state index contributed by atoms with van der Waals surface area (Å²) in [4.78, 5) is 0. The molecule has 1 aromatic heterocycles. The fraction of sp³-hybridized carbons (Fsp3) is 0.471. The third kappa shape index (κ3) is 3.66. The van der Waals surface area contributed by atoms with Crippen LogP contribution in [0.1, 0.15) is 49.7 Å². The van der Waals surface area contributed by atoms with Crippen LogP contribution < -0.4 is 5.32 Å². The molecule has 1 atom stereocenters. The van der Waals surface area contributed by atoms with Gasteiger partial charge in [0.15, 0.2) is 0 Å². The second-order valence-corrected chi connectivity index (χ2v) is 6.06. The number of aromatic nitrogens is 2. The average molecular weight is 306 g/mol. The van der Waals surface area contributed by atoms with E-state index in [2.05, 4.69) is 62.4 Å². The average Bonchev–Trinajstić information content (AvgIpc) is 2.82. The van der Waals surface area contributed by atoms with E-state index in [4.69, 9.17) is 11.6 Å². The van der Waals surface area contributed by atoms with Gasteiger partial charge in [0, 0.05) is 6.04 Å². The van der Waals surface area contributed by atoms with Crippen LogP contribution in [0.2, 0.25) is 5.02 Å². The molecule has 21 heavy (non-hydrogen) atoms. The molecule has 0 bridgehead atoms. The second-order valence-electron chi connectivity index (χ2n) is 5.66. The minimum Gasteiger partial charge on any atom is -0.309 e. The van der Waals surface area contributed by atoms with Crippen LogP contribution in [-0.2, 0) is 6.42 Å². The summed E-state index contributed by atoms with van der Waals surface area (Å²) >= 11 is 6.40. The lowest BCUT2D eigenvalue weighted by Gasteiger charge is -2.22. The summed E-state index contributed by atoms with van der Waals surface area (Å²) in [6.45, 7) is 9.43. The molecule has 0 aliphatic heterocycles. The van der Waals surface area contributed by atoms with Gasteiger partial charge in [-0.05, 0) is 44.9 Å². The summed E-state index contributed by atoms with van der Waals surface area (Å²) in [5, 5.41) is 8.72. The van der Waals surface area contributed by atoms with Gasteiger partial charge in [-0.25, -0.2) is 0 Å². The SMILES string of the molecule is CCNC(Cc1ccccc1C)c1c(Cl)cnn1C(C)C. The maximum absolute atomic E-state index is 6.40. The number of likely N-dealkylation sites (N-methyl/N-ethyl adjacent to an activating group) is 1. The highest BCUT2D eigenvalue weighted by atomic mass is 35.5. The van der Waals surface area contributed by atoms with Gasteiger partial charge in [0.05, 0.1) is 23.0 Å². The molecule has 0 radical (unpaired) electrons. The Morgan fingerprint density at radius 1 is 1.29 bits per heavy atom. The van der Waals surface area contributed by atoms with Crippen LogP contribution in [0.5, 0.6) is 0 Å². The van der Waals surface area contributed by atoms with Crippen molar-refractivity contribution in [1.29, 1.82) is 0 Å². The van der Waals surface area contributed by atoms with E-state index in [0.29, 0.717) is 6.04 Å². The number of benzene rings is 1. The summed E-state index contributed by atoms with van der Waals surface area (Å²) in [5.41, 5.74) is 3.74. The van der Waals surface area contributed by atoms with Gasteiger partial charge in [0.2, 0.25) is 0 Å². The van der Waals surface area contributed by atoms with Crippen molar-refractivity contribution in [3.05, 3.63) is 52.3 Å². The van der Waals surface area contributed by atoms with Crippen LogP contribution in [0.4, 0.5) is 0 Å². The Morgan fingerprint density at radius 3 is 2.62 bits per heavy atom. The predicted molar refractivity (Wildman–Crippen MR) is 88.9 cm³/mol. The predicted octanol–water partition coefficient (Wildman–Crippen LogP) is 4.32. The third-order valence-electron chi connectivity index (χ3n) is 3.74. The number of rotatable bonds is 6. The molecule has 4 heteroatoms. The van der Waals surface area contributed by atoms with Crippen LogP contribution >= 0.6 is 11.6 Å². The van der Waals surface area contributed by atoms with Crippen LogP contribution in [0.3, 0.4) is 0 Å². The number of hydrogen-bond donors (Lipinski definition) is 1. The van der Waals surface area contributed by atoms with Crippen molar-refractivity contribution in [1.82, 2.24) is 15.1 Å². The van der Waals surface area contributed by atoms with Crippen LogP contribution in [0, 0.1) is 6.92 Å². The largest absolute Gasteiger partial charge is 0.309 e. The molecule has 1 N–H and O–H groups in total. The van der Waals surface area contributed by atoms with Gasteiger partial charge in [-0.2, -0.15) is 5.10 Å². The van der Waals surface area contributed by atoms with E-state index in [9.17, 15) is 0 Å². The lowest BCUT2D eigenvalue weighted by atomic mass is 9.99. The van der Waals surface area contributed by atoms with Crippen LogP contribution in [0.25, 0.3) is 0 Å². The minimum atomic E-state index is 0.175. The Hall–Kier alpha value is -1.32. The first kappa shape index (κ1) is 16.1. The zero-order valence-corrected chi connectivity index (χ0v) is 14.0. The second kappa shape index (κ2) is 7.10. The van der Waals surface area contributed by atoms with E-state index >= 15 is 0 Å². The number of hydrogen-bond acceptors (Lipinski definition) is 2. The number of halogens is 1. The van der Waals surface area contributed by atoms with Gasteiger partial charge >= 0.3 is 0 Å². The van der Waals surface area contributed by atoms with E-state index < -0.39 is 0 Å². The highest BCUT2D eigenvalue weighted by Gasteiger charge is 2.21. The van der Waals surface area contributed by atoms with Gasteiger partial charge < -0.3 is 5.32 Å². The summed E-state index contributed by atoms with van der Waals surface area (Å²) in [5.74, 6) is 0. The van der Waals surface area contributed by atoms with Gasteiger partial charge in [-0.1, -0.05) is 42.8 Å². The molecular formula is C17H24ClN3. The molecule has 1 heterocycles. The first-order chi connectivity index (χ1) is 10.0. The molecule has 2 aromatic rings. The molecule has 1 unspecified atom stereocenters. The molecule has 0 aliphatic carbocycles. The van der Waals surface area contributed by atoms with E-state index in [1.807, 2.05) is 4.68 Å².